The van der Waals surface area contributed by atoms with Crippen molar-refractivity contribution in [3.05, 3.63) is 23.8 Å². The minimum Gasteiger partial charge on any atom is -0.449 e. The number of amides is 1. The summed E-state index contributed by atoms with van der Waals surface area (Å²) in [5, 5.41) is 3.07. The van der Waals surface area contributed by atoms with Crippen LogP contribution in [0.2, 0.25) is 0 Å². The van der Waals surface area contributed by atoms with E-state index in [0.717, 1.165) is 12.8 Å². The van der Waals surface area contributed by atoms with Crippen LogP contribution in [0.25, 0.3) is 0 Å². The zero-order valence-corrected chi connectivity index (χ0v) is 16.8. The lowest BCUT2D eigenvalue weighted by atomic mass is 9.56. The molecule has 0 aromatic carbocycles. The monoisotopic (exact) mass is 361 g/mol. The number of hydrogen-bond acceptors (Lipinski definition) is 3. The first-order valence-corrected chi connectivity index (χ1v) is 10.3. The van der Waals surface area contributed by atoms with Crippen molar-refractivity contribution in [3.63, 3.8) is 0 Å². The highest BCUT2D eigenvalue weighted by molar-refractivity contribution is 5.67. The average molecular weight is 362 g/mol. The van der Waals surface area contributed by atoms with Crippen LogP contribution >= 0.6 is 0 Å². The maximum absolute atomic E-state index is 12.4. The van der Waals surface area contributed by atoms with Gasteiger partial charge in [-0.3, -0.25) is 0 Å². The number of fused-ring (bicyclic) bond motifs is 2. The van der Waals surface area contributed by atoms with Crippen LogP contribution in [0.3, 0.4) is 0 Å². The maximum Gasteiger partial charge on any atom is 0.407 e. The molecular formula is C22H35NO3. The van der Waals surface area contributed by atoms with Crippen molar-refractivity contribution >= 4 is 6.09 Å². The molecule has 4 nitrogen and oxygen atoms in total. The second kappa shape index (κ2) is 8.16. The predicted octanol–water partition coefficient (Wildman–Crippen LogP) is 4.85. The molecular weight excluding hydrogens is 326 g/mol. The van der Waals surface area contributed by atoms with E-state index in [4.69, 9.17) is 9.47 Å². The van der Waals surface area contributed by atoms with Crippen molar-refractivity contribution in [2.24, 2.45) is 23.2 Å². The predicted molar refractivity (Wildman–Crippen MR) is 104 cm³/mol. The first kappa shape index (κ1) is 19.5. The van der Waals surface area contributed by atoms with Crippen molar-refractivity contribution < 1.29 is 14.3 Å². The molecule has 1 aliphatic heterocycles. The Morgan fingerprint density at radius 1 is 1.35 bits per heavy atom. The smallest absolute Gasteiger partial charge is 0.407 e. The van der Waals surface area contributed by atoms with E-state index in [9.17, 15) is 4.79 Å². The third kappa shape index (κ3) is 3.71. The molecule has 3 rings (SSSR count). The Labute approximate surface area is 158 Å². The number of carbonyl (C=O) groups excluding carboxylic acids is 1. The van der Waals surface area contributed by atoms with Crippen molar-refractivity contribution in [1.29, 1.82) is 0 Å². The summed E-state index contributed by atoms with van der Waals surface area (Å²) >= 11 is 0. The van der Waals surface area contributed by atoms with Gasteiger partial charge in [0.15, 0.2) is 0 Å². The van der Waals surface area contributed by atoms with Crippen LogP contribution in [-0.4, -0.2) is 31.5 Å². The van der Waals surface area contributed by atoms with Crippen molar-refractivity contribution in [3.8, 4) is 0 Å². The van der Waals surface area contributed by atoms with Gasteiger partial charge in [0.05, 0.1) is 12.7 Å². The first-order valence-electron chi connectivity index (χ1n) is 10.3. The number of ether oxygens (including phenoxy) is 2. The van der Waals surface area contributed by atoms with E-state index in [1.807, 2.05) is 6.92 Å². The number of allylic oxidation sites excluding steroid dienone is 2. The van der Waals surface area contributed by atoms with Crippen LogP contribution in [0.15, 0.2) is 23.8 Å². The van der Waals surface area contributed by atoms with E-state index < -0.39 is 0 Å². The van der Waals surface area contributed by atoms with E-state index in [-0.39, 0.29) is 23.7 Å². The Balaban J connectivity index is 1.66. The van der Waals surface area contributed by atoms with Crippen LogP contribution < -0.4 is 5.32 Å². The van der Waals surface area contributed by atoms with Gasteiger partial charge in [-0.1, -0.05) is 56.9 Å². The molecule has 1 amide bonds. The van der Waals surface area contributed by atoms with E-state index in [0.29, 0.717) is 31.0 Å². The van der Waals surface area contributed by atoms with Crippen molar-refractivity contribution in [2.45, 2.75) is 71.9 Å². The number of nitrogens with one attached hydrogen (secondary N) is 1. The van der Waals surface area contributed by atoms with E-state index in [1.165, 1.54) is 24.8 Å². The minimum atomic E-state index is -0.260. The SMILES string of the molecule is C/C=C/[C@@H]1OC[C@]2(COC(=O)NC3CCCCC3)[C@H](C)[C@H]1C(C)=C[C@@H]2C. The zero-order valence-electron chi connectivity index (χ0n) is 16.8. The lowest BCUT2D eigenvalue weighted by Gasteiger charge is -2.54. The van der Waals surface area contributed by atoms with Gasteiger partial charge >= 0.3 is 6.09 Å². The molecule has 5 atom stereocenters. The molecule has 0 aromatic heterocycles. The summed E-state index contributed by atoms with van der Waals surface area (Å²) in [5.41, 5.74) is 1.27. The highest BCUT2D eigenvalue weighted by Gasteiger charge is 2.53. The van der Waals surface area contributed by atoms with Gasteiger partial charge in [-0.2, -0.15) is 0 Å². The number of rotatable bonds is 4. The fourth-order valence-electron chi connectivity index (χ4n) is 5.32. The van der Waals surface area contributed by atoms with Crippen LogP contribution in [0.1, 0.15) is 59.8 Å². The second-order valence-electron chi connectivity index (χ2n) is 8.60. The summed E-state index contributed by atoms with van der Waals surface area (Å²) in [7, 11) is 0. The summed E-state index contributed by atoms with van der Waals surface area (Å²) < 4.78 is 12.0. The Bertz CT molecular complexity index is 564. The molecule has 2 aliphatic carbocycles. The second-order valence-corrected chi connectivity index (χ2v) is 8.60. The third-order valence-corrected chi connectivity index (χ3v) is 7.07. The molecule has 0 radical (unpaired) electrons. The van der Waals surface area contributed by atoms with Gasteiger partial charge in [0, 0.05) is 17.4 Å². The van der Waals surface area contributed by atoms with Gasteiger partial charge in [-0.15, -0.1) is 0 Å². The van der Waals surface area contributed by atoms with Gasteiger partial charge in [0.25, 0.3) is 0 Å². The quantitative estimate of drug-likeness (QED) is 0.728. The van der Waals surface area contributed by atoms with Gasteiger partial charge < -0.3 is 14.8 Å². The lowest BCUT2D eigenvalue weighted by molar-refractivity contribution is -0.149. The molecule has 1 saturated heterocycles. The normalized spacial score (nSPS) is 38.1. The first-order chi connectivity index (χ1) is 12.5. The number of carbonyl (C=O) groups is 1. The Morgan fingerprint density at radius 2 is 2.08 bits per heavy atom. The van der Waals surface area contributed by atoms with Crippen molar-refractivity contribution in [2.75, 3.05) is 13.2 Å². The molecule has 26 heavy (non-hydrogen) atoms. The van der Waals surface area contributed by atoms with Gasteiger partial charge in [-0.05, 0) is 38.5 Å². The minimum absolute atomic E-state index is 0.128. The molecule has 0 unspecified atom stereocenters. The summed E-state index contributed by atoms with van der Waals surface area (Å²) in [6, 6.07) is 0.284. The molecule has 2 fully saturated rings. The summed E-state index contributed by atoms with van der Waals surface area (Å²) in [6.07, 6.45) is 12.3. The Kier molecular flexibility index (Phi) is 6.11. The molecule has 146 valence electrons. The fourth-order valence-corrected chi connectivity index (χ4v) is 5.32. The Morgan fingerprint density at radius 3 is 2.77 bits per heavy atom. The third-order valence-electron chi connectivity index (χ3n) is 7.07. The topological polar surface area (TPSA) is 47.6 Å². The molecule has 1 N–H and O–H groups in total. The summed E-state index contributed by atoms with van der Waals surface area (Å²) in [4.78, 5) is 12.4. The highest BCUT2D eigenvalue weighted by Crippen LogP contribution is 2.52. The van der Waals surface area contributed by atoms with Gasteiger partial charge in [0.1, 0.15) is 6.61 Å². The van der Waals surface area contributed by atoms with Crippen molar-refractivity contribution in [1.82, 2.24) is 5.32 Å². The molecule has 1 heterocycles. The summed E-state index contributed by atoms with van der Waals surface area (Å²) in [5.74, 6) is 1.11. The van der Waals surface area contributed by atoms with Crippen LogP contribution in [0.4, 0.5) is 4.79 Å². The molecule has 0 spiro atoms. The number of alkyl carbamates (subject to hydrolysis) is 1. The van der Waals surface area contributed by atoms with Crippen LogP contribution in [0, 0.1) is 23.2 Å². The van der Waals surface area contributed by atoms with Crippen LogP contribution in [0.5, 0.6) is 0 Å². The molecule has 2 bridgehead atoms. The van der Waals surface area contributed by atoms with Gasteiger partial charge in [-0.25, -0.2) is 4.79 Å². The van der Waals surface area contributed by atoms with E-state index >= 15 is 0 Å². The average Bonchev–Trinajstić information content (AvgIpc) is 2.61. The summed E-state index contributed by atoms with van der Waals surface area (Å²) in [6.45, 7) is 9.86. The van der Waals surface area contributed by atoms with E-state index in [1.54, 1.807) is 0 Å². The highest BCUT2D eigenvalue weighted by atomic mass is 16.6. The number of hydrogen-bond donors (Lipinski definition) is 1. The molecule has 0 aromatic rings. The Hall–Kier alpha value is -1.29. The molecule has 1 saturated carbocycles. The van der Waals surface area contributed by atoms with Crippen LogP contribution in [-0.2, 0) is 9.47 Å². The fraction of sp³-hybridized carbons (Fsp3) is 0.773. The van der Waals surface area contributed by atoms with E-state index in [2.05, 4.69) is 44.3 Å². The molecule has 4 heteroatoms. The lowest BCUT2D eigenvalue weighted by Crippen LogP contribution is -2.56. The van der Waals surface area contributed by atoms with Gasteiger partial charge in [0.2, 0.25) is 0 Å². The maximum atomic E-state index is 12.4. The molecule has 3 aliphatic rings. The largest absolute Gasteiger partial charge is 0.449 e. The zero-order chi connectivity index (χ0) is 18.7. The standard InChI is InChI=1S/C22H35NO3/c1-5-9-19-20-15(2)12-16(3)22(13-25-19,17(20)4)14-26-21(24)23-18-10-7-6-8-11-18/h5,9,12,16-20H,6-8,10-11,13-14H2,1-4H3,(H,23,24)/b9-5+/t16-,17+,19-,20+,22+/m0/s1.